The molecule has 1 aromatic rings. The number of rotatable bonds is 8. The summed E-state index contributed by atoms with van der Waals surface area (Å²) in [4.78, 5) is 25.7. The first-order chi connectivity index (χ1) is 18.5. The van der Waals surface area contributed by atoms with E-state index in [1.807, 2.05) is 11.1 Å². The Bertz CT molecular complexity index is 1040. The van der Waals surface area contributed by atoms with E-state index in [0.29, 0.717) is 18.5 Å². The molecule has 2 saturated heterocycles. The first kappa shape index (κ1) is 28.1. The quantitative estimate of drug-likeness (QED) is 0.372. The van der Waals surface area contributed by atoms with Crippen LogP contribution in [0.1, 0.15) is 70.8 Å². The fourth-order valence-electron chi connectivity index (χ4n) is 5.63. The van der Waals surface area contributed by atoms with Crippen LogP contribution in [0, 0.1) is 11.8 Å². The summed E-state index contributed by atoms with van der Waals surface area (Å²) in [6.45, 7) is 11.3. The number of aliphatic hydroxyl groups is 1. The molecule has 38 heavy (non-hydrogen) atoms. The van der Waals surface area contributed by atoms with Crippen molar-refractivity contribution >= 4 is 24.2 Å². The fraction of sp³-hybridized carbons (Fsp3) is 0.581. The van der Waals surface area contributed by atoms with Gasteiger partial charge in [0.1, 0.15) is 5.75 Å². The number of guanidine groups is 1. The Hall–Kier alpha value is -2.93. The number of amides is 1. The maximum absolute atomic E-state index is 12.9. The summed E-state index contributed by atoms with van der Waals surface area (Å²) in [7, 11) is 0. The Morgan fingerprint density at radius 3 is 2.55 bits per heavy atom. The number of aliphatic hydroxyl groups excluding tert-OH is 1. The van der Waals surface area contributed by atoms with Crippen molar-refractivity contribution in [2.24, 2.45) is 21.8 Å². The molecule has 7 nitrogen and oxygen atoms in total. The Kier molecular flexibility index (Phi) is 10.2. The van der Waals surface area contributed by atoms with Crippen LogP contribution in [-0.4, -0.2) is 72.4 Å². The van der Waals surface area contributed by atoms with E-state index in [0.717, 1.165) is 76.8 Å². The van der Waals surface area contributed by atoms with Gasteiger partial charge >= 0.3 is 0 Å². The number of nitrogens with zero attached hydrogens (tertiary/aromatic N) is 4. The predicted octanol–water partition coefficient (Wildman–Crippen LogP) is 5.31. The van der Waals surface area contributed by atoms with Gasteiger partial charge in [-0.05, 0) is 94.2 Å². The highest BCUT2D eigenvalue weighted by molar-refractivity contribution is 5.84. The van der Waals surface area contributed by atoms with Crippen molar-refractivity contribution in [1.82, 2.24) is 9.80 Å². The van der Waals surface area contributed by atoms with Crippen molar-refractivity contribution in [3.8, 4) is 5.75 Å². The number of ether oxygens (including phenoxy) is 1. The van der Waals surface area contributed by atoms with Gasteiger partial charge in [0.2, 0.25) is 11.9 Å². The molecule has 7 heteroatoms. The van der Waals surface area contributed by atoms with Crippen LogP contribution in [0.25, 0.3) is 5.57 Å². The standard InChI is InChI=1S/C31H44N4O3/c1-4-23(2)20-33-31(32-3)34-18-15-24(16-19-34)22-38-29-13-11-26(12-14-29)25-7-9-27(10-8-25)30(37)35-17-5-6-28(35)21-36/h7,11-14,20,24,27-28,36H,3-6,8-10,15-19,21-22H2,1-2H3/b23-20+,33-31+/t27?,28-/m1/s1. The number of aliphatic imine (C=N–C) groups is 2. The molecule has 1 aliphatic carbocycles. The number of piperidine rings is 1. The Labute approximate surface area is 228 Å². The third kappa shape index (κ3) is 7.13. The van der Waals surface area contributed by atoms with E-state index >= 15 is 0 Å². The molecule has 1 amide bonds. The van der Waals surface area contributed by atoms with E-state index in [9.17, 15) is 9.90 Å². The molecule has 206 valence electrons. The normalized spacial score (nSPS) is 23.4. The lowest BCUT2D eigenvalue weighted by molar-refractivity contribution is -0.137. The summed E-state index contributed by atoms with van der Waals surface area (Å²) in [5.74, 6) is 2.40. The third-order valence-electron chi connectivity index (χ3n) is 8.34. The molecule has 1 aromatic carbocycles. The average Bonchev–Trinajstić information content (AvgIpc) is 3.46. The van der Waals surface area contributed by atoms with Crippen LogP contribution in [0.2, 0.25) is 0 Å². The minimum Gasteiger partial charge on any atom is -0.493 e. The minimum absolute atomic E-state index is 0.0146. The summed E-state index contributed by atoms with van der Waals surface area (Å²) < 4.78 is 6.15. The van der Waals surface area contributed by atoms with Gasteiger partial charge in [0.15, 0.2) is 0 Å². The second-order valence-corrected chi connectivity index (χ2v) is 10.9. The largest absolute Gasteiger partial charge is 0.493 e. The van der Waals surface area contributed by atoms with Crippen molar-refractivity contribution in [2.75, 3.05) is 32.8 Å². The van der Waals surface area contributed by atoms with Crippen LogP contribution in [0.15, 0.2) is 52.1 Å². The lowest BCUT2D eigenvalue weighted by Crippen LogP contribution is -2.41. The Balaban J connectivity index is 1.22. The van der Waals surface area contributed by atoms with Crippen LogP contribution < -0.4 is 4.74 Å². The topological polar surface area (TPSA) is 77.7 Å². The van der Waals surface area contributed by atoms with Gasteiger partial charge in [0, 0.05) is 31.8 Å². The maximum atomic E-state index is 12.9. The monoisotopic (exact) mass is 520 g/mol. The molecule has 4 rings (SSSR count). The molecule has 1 N–H and O–H groups in total. The molecular weight excluding hydrogens is 476 g/mol. The summed E-state index contributed by atoms with van der Waals surface area (Å²) in [6.07, 6.45) is 11.7. The SMILES string of the molecule is C=N/C(=N\C=C(/C)CC)N1CCC(COc2ccc(C3=CCC(C(=O)N4CCC[C@@H]4CO)CC3)cc2)CC1. The Morgan fingerprint density at radius 1 is 1.16 bits per heavy atom. The highest BCUT2D eigenvalue weighted by atomic mass is 16.5. The van der Waals surface area contributed by atoms with Crippen LogP contribution in [0.5, 0.6) is 5.75 Å². The van der Waals surface area contributed by atoms with Crippen LogP contribution in [0.3, 0.4) is 0 Å². The second-order valence-electron chi connectivity index (χ2n) is 10.9. The summed E-state index contributed by atoms with van der Waals surface area (Å²) in [5.41, 5.74) is 3.75. The fourth-order valence-corrected chi connectivity index (χ4v) is 5.63. The van der Waals surface area contributed by atoms with Gasteiger partial charge in [-0.25, -0.2) is 9.98 Å². The number of carbonyl (C=O) groups is 1. The highest BCUT2D eigenvalue weighted by Gasteiger charge is 2.33. The van der Waals surface area contributed by atoms with Crippen molar-refractivity contribution in [2.45, 2.75) is 71.3 Å². The molecule has 0 spiro atoms. The molecule has 2 atom stereocenters. The summed E-state index contributed by atoms with van der Waals surface area (Å²) in [6, 6.07) is 8.42. The number of carbonyl (C=O) groups excluding carboxylic acids is 1. The Morgan fingerprint density at radius 2 is 1.92 bits per heavy atom. The predicted molar refractivity (Wildman–Crippen MR) is 154 cm³/mol. The molecule has 0 bridgehead atoms. The van der Waals surface area contributed by atoms with Crippen molar-refractivity contribution in [1.29, 1.82) is 0 Å². The van der Waals surface area contributed by atoms with Crippen molar-refractivity contribution < 1.29 is 14.6 Å². The van der Waals surface area contributed by atoms with E-state index in [1.165, 1.54) is 16.7 Å². The van der Waals surface area contributed by atoms with Crippen LogP contribution in [0.4, 0.5) is 0 Å². The molecule has 2 fully saturated rings. The molecule has 0 aromatic heterocycles. The van der Waals surface area contributed by atoms with Crippen LogP contribution in [-0.2, 0) is 4.79 Å². The van der Waals surface area contributed by atoms with Gasteiger partial charge in [-0.2, -0.15) is 0 Å². The van der Waals surface area contributed by atoms with Gasteiger partial charge in [-0.15, -0.1) is 0 Å². The number of allylic oxidation sites excluding steroid dienone is 3. The number of hydrogen-bond donors (Lipinski definition) is 1. The number of hydrogen-bond acceptors (Lipinski definition) is 4. The van der Waals surface area contributed by atoms with E-state index in [1.54, 1.807) is 0 Å². The average molecular weight is 521 g/mol. The highest BCUT2D eigenvalue weighted by Crippen LogP contribution is 2.33. The zero-order valence-corrected chi connectivity index (χ0v) is 23.1. The minimum atomic E-state index is 0.0146. The third-order valence-corrected chi connectivity index (χ3v) is 8.34. The molecule has 2 heterocycles. The molecule has 0 radical (unpaired) electrons. The van der Waals surface area contributed by atoms with Gasteiger partial charge in [0.25, 0.3) is 0 Å². The van der Waals surface area contributed by atoms with E-state index < -0.39 is 0 Å². The second kappa shape index (κ2) is 13.7. The number of benzene rings is 1. The maximum Gasteiger partial charge on any atom is 0.226 e. The van der Waals surface area contributed by atoms with E-state index in [2.05, 4.69) is 65.8 Å². The van der Waals surface area contributed by atoms with E-state index in [-0.39, 0.29) is 24.5 Å². The van der Waals surface area contributed by atoms with Gasteiger partial charge < -0.3 is 19.6 Å². The zero-order chi connectivity index (χ0) is 26.9. The zero-order valence-electron chi connectivity index (χ0n) is 23.1. The molecule has 3 aliphatic rings. The smallest absolute Gasteiger partial charge is 0.226 e. The summed E-state index contributed by atoms with van der Waals surface area (Å²) >= 11 is 0. The first-order valence-corrected chi connectivity index (χ1v) is 14.3. The van der Waals surface area contributed by atoms with E-state index in [4.69, 9.17) is 4.74 Å². The van der Waals surface area contributed by atoms with Gasteiger partial charge in [0.05, 0.1) is 19.3 Å². The lowest BCUT2D eigenvalue weighted by atomic mass is 9.85. The number of likely N-dealkylation sites (tertiary alicyclic amines) is 2. The lowest BCUT2D eigenvalue weighted by Gasteiger charge is -2.32. The van der Waals surface area contributed by atoms with Crippen molar-refractivity contribution in [3.63, 3.8) is 0 Å². The first-order valence-electron chi connectivity index (χ1n) is 14.3. The molecule has 0 saturated carbocycles. The van der Waals surface area contributed by atoms with Gasteiger partial charge in [-0.3, -0.25) is 4.79 Å². The molecular formula is C31H44N4O3. The molecule has 2 aliphatic heterocycles. The van der Waals surface area contributed by atoms with Crippen molar-refractivity contribution in [3.05, 3.63) is 47.7 Å². The van der Waals surface area contributed by atoms with Gasteiger partial charge in [-0.1, -0.05) is 30.7 Å². The molecule has 1 unspecified atom stereocenters. The summed E-state index contributed by atoms with van der Waals surface area (Å²) in [5, 5.41) is 9.56. The van der Waals surface area contributed by atoms with Crippen LogP contribution >= 0.6 is 0 Å².